The molecular weight excluding hydrogens is 152 g/mol. The minimum Gasteiger partial charge on any atom is -0.356 e. The van der Waals surface area contributed by atoms with Gasteiger partial charge in [-0.2, -0.15) is 0 Å². The zero-order chi connectivity index (χ0) is 7.15. The second-order valence-electron chi connectivity index (χ2n) is 0.447. The molecule has 0 atom stereocenters. The number of rotatable bonds is 0. The molecule has 0 N–H and O–H groups in total. The van der Waals surface area contributed by atoms with Gasteiger partial charge in [0.2, 0.25) is 0 Å². The summed E-state index contributed by atoms with van der Waals surface area (Å²) in [5.41, 5.74) is 0. The van der Waals surface area contributed by atoms with Crippen LogP contribution in [0.15, 0.2) is 0 Å². The minimum atomic E-state index is -1.75. The predicted molar refractivity (Wildman–Crippen MR) is 26.5 cm³/mol. The Morgan fingerprint density at radius 1 is 0.778 bits per heavy atom. The van der Waals surface area contributed by atoms with Crippen molar-refractivity contribution in [1.29, 1.82) is 0 Å². The van der Waals surface area contributed by atoms with Crippen LogP contribution in [0.2, 0.25) is 0 Å². The number of nitrogens with zero attached hydrogens (tertiary/aromatic N) is 2. The first kappa shape index (κ1) is 15.6. The van der Waals surface area contributed by atoms with Crippen molar-refractivity contribution in [3.05, 3.63) is 30.6 Å². The van der Waals surface area contributed by atoms with Crippen LogP contribution in [0.4, 0.5) is 0 Å². The molecule has 2 radical (unpaired) electrons. The van der Waals surface area contributed by atoms with E-state index in [4.69, 9.17) is 30.6 Å². The van der Waals surface area contributed by atoms with E-state index >= 15 is 0 Å². The highest BCUT2D eigenvalue weighted by molar-refractivity contribution is 5.75. The summed E-state index contributed by atoms with van der Waals surface area (Å²) >= 11 is 0. The van der Waals surface area contributed by atoms with Crippen LogP contribution in [0.5, 0.6) is 0 Å². The lowest BCUT2D eigenvalue weighted by atomic mass is 13.1. The molecule has 8 nitrogen and oxygen atoms in total. The van der Waals surface area contributed by atoms with Crippen molar-refractivity contribution in [2.75, 3.05) is 0 Å². The van der Waals surface area contributed by atoms with Gasteiger partial charge in [0, 0.05) is 0 Å². The van der Waals surface area contributed by atoms with E-state index in [0.29, 0.717) is 0 Å². The van der Waals surface area contributed by atoms with Crippen molar-refractivity contribution in [1.82, 2.24) is 0 Å². The highest BCUT2D eigenvalue weighted by atomic mass is 28.1. The van der Waals surface area contributed by atoms with E-state index in [9.17, 15) is 0 Å². The largest absolute Gasteiger partial charge is 2.00 e. The highest BCUT2D eigenvalue weighted by Gasteiger charge is 2.00. The molecule has 0 spiro atoms. The third kappa shape index (κ3) is 73.7. The normalized spacial score (nSPS) is 5.33. The van der Waals surface area contributed by atoms with Crippen LogP contribution in [-0.2, 0) is 0 Å². The molecule has 0 aliphatic heterocycles. The molecule has 0 unspecified atom stereocenters. The fraction of sp³-hybridized carbons (Fsp3) is 0. The van der Waals surface area contributed by atoms with E-state index in [0.717, 1.165) is 0 Å². The van der Waals surface area contributed by atoms with Crippen LogP contribution >= 0.6 is 0 Å². The van der Waals surface area contributed by atoms with Gasteiger partial charge in [-0.3, -0.25) is 0 Å². The Bertz CT molecular complexity index is 69.1. The molecule has 0 amide bonds. The lowest BCUT2D eigenvalue weighted by molar-refractivity contribution is -0.403. The van der Waals surface area contributed by atoms with Crippen molar-refractivity contribution >= 4 is 11.0 Å². The van der Waals surface area contributed by atoms with Crippen molar-refractivity contribution in [2.24, 2.45) is 0 Å². The molecule has 0 aliphatic carbocycles. The smallest absolute Gasteiger partial charge is 0.356 e. The maximum absolute atomic E-state index is 8.25. The minimum absolute atomic E-state index is 0. The van der Waals surface area contributed by atoms with Gasteiger partial charge >= 0.3 is 11.0 Å². The average Bonchev–Trinajstić information content (AvgIpc) is 1.25. The molecule has 0 saturated carbocycles. The summed E-state index contributed by atoms with van der Waals surface area (Å²) < 4.78 is 0. The van der Waals surface area contributed by atoms with Crippen LogP contribution in [0.25, 0.3) is 0 Å². The maximum atomic E-state index is 8.25. The van der Waals surface area contributed by atoms with Crippen LogP contribution in [0.3, 0.4) is 0 Å². The second kappa shape index (κ2) is 9.79. The zero-order valence-corrected chi connectivity index (χ0v) is 4.84. The van der Waals surface area contributed by atoms with E-state index < -0.39 is 10.2 Å². The molecule has 9 heavy (non-hydrogen) atoms. The van der Waals surface area contributed by atoms with Gasteiger partial charge in [0.05, 0.1) is 10.2 Å². The first-order valence-corrected chi connectivity index (χ1v) is 1.10. The molecule has 0 rings (SSSR count). The number of hydrogen-bond acceptors (Lipinski definition) is 6. The molecule has 0 aromatic carbocycles. The summed E-state index contributed by atoms with van der Waals surface area (Å²) in [5, 5.41) is 29.5. The quantitative estimate of drug-likeness (QED) is 0.252. The molecule has 0 aliphatic rings. The van der Waals surface area contributed by atoms with Crippen molar-refractivity contribution in [3.63, 3.8) is 0 Å². The molecule has 50 valence electrons. The summed E-state index contributed by atoms with van der Waals surface area (Å²) in [6.45, 7) is 0. The fourth-order valence-corrected chi connectivity index (χ4v) is 0. The Morgan fingerprint density at radius 2 is 0.778 bits per heavy atom. The molecule has 0 fully saturated rings. The predicted octanol–water partition coefficient (Wildman–Crippen LogP) is -0.859. The van der Waals surface area contributed by atoms with E-state index in [1.807, 2.05) is 0 Å². The van der Waals surface area contributed by atoms with Crippen molar-refractivity contribution in [2.45, 2.75) is 0 Å². The Balaban J connectivity index is -0.0000000720. The van der Waals surface area contributed by atoms with Crippen molar-refractivity contribution < 1.29 is 10.2 Å². The topological polar surface area (TPSA) is 132 Å². The zero-order valence-electron chi connectivity index (χ0n) is 3.84. The summed E-state index contributed by atoms with van der Waals surface area (Å²) in [7, 11) is 0. The van der Waals surface area contributed by atoms with E-state index in [2.05, 4.69) is 0 Å². The van der Waals surface area contributed by atoms with Gasteiger partial charge in [-0.15, -0.1) is 0 Å². The Labute approximate surface area is 53.0 Å². The first-order chi connectivity index (χ1) is 3.46. The summed E-state index contributed by atoms with van der Waals surface area (Å²) in [6, 6.07) is 0. The number of hydrogen-bond donors (Lipinski definition) is 0. The van der Waals surface area contributed by atoms with Crippen LogP contribution in [-0.4, -0.2) is 21.1 Å². The molecule has 9 heteroatoms. The van der Waals surface area contributed by atoms with E-state index in [1.165, 1.54) is 0 Å². The summed E-state index contributed by atoms with van der Waals surface area (Å²) in [6.07, 6.45) is 0. The first-order valence-electron chi connectivity index (χ1n) is 1.10. The van der Waals surface area contributed by atoms with Gasteiger partial charge in [0.15, 0.2) is 0 Å². The van der Waals surface area contributed by atoms with Crippen LogP contribution in [0.1, 0.15) is 0 Å². The van der Waals surface area contributed by atoms with Gasteiger partial charge in [0.1, 0.15) is 0 Å². The molecular formula is N2O6Si. The Hall–Kier alpha value is -1.38. The van der Waals surface area contributed by atoms with E-state index in [-0.39, 0.29) is 11.0 Å². The van der Waals surface area contributed by atoms with Gasteiger partial charge in [0.25, 0.3) is 0 Å². The summed E-state index contributed by atoms with van der Waals surface area (Å²) in [4.78, 5) is 16.5. The Morgan fingerprint density at radius 3 is 0.778 bits per heavy atom. The van der Waals surface area contributed by atoms with Gasteiger partial charge in [-0.1, -0.05) is 0 Å². The van der Waals surface area contributed by atoms with E-state index in [1.54, 1.807) is 0 Å². The van der Waals surface area contributed by atoms with Crippen LogP contribution in [0, 0.1) is 30.6 Å². The average molecular weight is 152 g/mol. The molecule has 0 saturated heterocycles. The second-order valence-corrected chi connectivity index (χ2v) is 0.447. The lowest BCUT2D eigenvalue weighted by Crippen LogP contribution is -1.74. The highest BCUT2D eigenvalue weighted by Crippen LogP contribution is 1.44. The molecule has 0 aromatic rings. The van der Waals surface area contributed by atoms with Crippen LogP contribution < -0.4 is 0 Å². The van der Waals surface area contributed by atoms with Gasteiger partial charge in [-0.05, 0) is 0 Å². The molecule has 0 bridgehead atoms. The third-order valence-electron chi connectivity index (χ3n) is 0. The van der Waals surface area contributed by atoms with Gasteiger partial charge < -0.3 is 30.6 Å². The Kier molecular flexibility index (Phi) is 17.0. The molecule has 0 aromatic heterocycles. The fourth-order valence-electron chi connectivity index (χ4n) is 0. The van der Waals surface area contributed by atoms with Gasteiger partial charge in [-0.25, -0.2) is 0 Å². The van der Waals surface area contributed by atoms with Crippen molar-refractivity contribution in [3.8, 4) is 0 Å². The maximum Gasteiger partial charge on any atom is 2.00 e. The summed E-state index contributed by atoms with van der Waals surface area (Å²) in [5.74, 6) is 0. The molecule has 0 heterocycles. The lowest BCUT2D eigenvalue weighted by Gasteiger charge is -1.74. The standard InChI is InChI=1S/2NO3.Si/c2*2-1(3)4;/q2*-1;+2. The monoisotopic (exact) mass is 152 g/mol. The SMILES string of the molecule is O=[N+]([O-])[O-].O=[N+]([O-])[O-].[Si+2]. The third-order valence-corrected chi connectivity index (χ3v) is 0.